The number of amides is 1. The number of methoxy groups -OCH3 is 2. The molecule has 0 aliphatic carbocycles. The van der Waals surface area contributed by atoms with E-state index in [1.165, 1.54) is 15.6 Å². The number of rotatable bonds is 9. The van der Waals surface area contributed by atoms with E-state index < -0.39 is 10.0 Å². The van der Waals surface area contributed by atoms with Gasteiger partial charge in [-0.2, -0.15) is 4.31 Å². The molecule has 1 aromatic heterocycles. The van der Waals surface area contributed by atoms with Crippen LogP contribution in [-0.2, 0) is 26.0 Å². The summed E-state index contributed by atoms with van der Waals surface area (Å²) >= 11 is 1.42. The van der Waals surface area contributed by atoms with E-state index in [9.17, 15) is 13.2 Å². The smallest absolute Gasteiger partial charge is 0.226 e. The molecule has 0 unspecified atom stereocenters. The molecule has 9 nitrogen and oxygen atoms in total. The lowest BCUT2D eigenvalue weighted by Gasteiger charge is -2.26. The normalized spacial score (nSPS) is 15.0. The molecule has 1 amide bonds. The lowest BCUT2D eigenvalue weighted by atomic mass is 10.2. The van der Waals surface area contributed by atoms with Gasteiger partial charge in [0.15, 0.2) is 11.5 Å². The number of sulfonamides is 1. The summed E-state index contributed by atoms with van der Waals surface area (Å²) in [5.41, 5.74) is 1.49. The third-order valence-corrected chi connectivity index (χ3v) is 7.38. The predicted octanol–water partition coefficient (Wildman–Crippen LogP) is 1.15. The van der Waals surface area contributed by atoms with Crippen LogP contribution >= 0.6 is 11.3 Å². The highest BCUT2D eigenvalue weighted by Crippen LogP contribution is 2.33. The van der Waals surface area contributed by atoms with Gasteiger partial charge in [0.05, 0.1) is 45.3 Å². The van der Waals surface area contributed by atoms with Crippen LogP contribution in [0.2, 0.25) is 0 Å². The Hall–Kier alpha value is -2.21. The Kier molecular flexibility index (Phi) is 7.64. The lowest BCUT2D eigenvalue weighted by molar-refractivity contribution is -0.120. The number of carbonyl (C=O) groups excluding carboxylic acids is 1. The summed E-state index contributed by atoms with van der Waals surface area (Å²) in [7, 11) is -0.252. The highest BCUT2D eigenvalue weighted by Gasteiger charge is 2.24. The van der Waals surface area contributed by atoms with Crippen molar-refractivity contribution >= 4 is 27.3 Å². The van der Waals surface area contributed by atoms with Gasteiger partial charge in [-0.1, -0.05) is 0 Å². The van der Waals surface area contributed by atoms with Crippen LogP contribution < -0.4 is 14.8 Å². The maximum atomic E-state index is 12.3. The fraction of sp³-hybridized carbons (Fsp3) is 0.474. The van der Waals surface area contributed by atoms with Crippen molar-refractivity contribution in [3.8, 4) is 22.1 Å². The largest absolute Gasteiger partial charge is 0.493 e. The zero-order chi connectivity index (χ0) is 21.6. The number of morpholine rings is 1. The van der Waals surface area contributed by atoms with E-state index in [0.717, 1.165) is 10.6 Å². The number of carbonyl (C=O) groups is 1. The van der Waals surface area contributed by atoms with Crippen LogP contribution in [0.4, 0.5) is 0 Å². The second-order valence-electron chi connectivity index (χ2n) is 6.57. The number of hydrogen-bond donors (Lipinski definition) is 1. The third-order valence-electron chi connectivity index (χ3n) is 4.57. The first kappa shape index (κ1) is 22.5. The van der Waals surface area contributed by atoms with Gasteiger partial charge < -0.3 is 19.5 Å². The predicted molar refractivity (Wildman–Crippen MR) is 114 cm³/mol. The molecule has 1 saturated heterocycles. The molecule has 11 heteroatoms. The van der Waals surface area contributed by atoms with Gasteiger partial charge in [0.2, 0.25) is 15.9 Å². The summed E-state index contributed by atoms with van der Waals surface area (Å²) in [4.78, 5) is 16.7. The van der Waals surface area contributed by atoms with Gasteiger partial charge in [0.25, 0.3) is 0 Å². The molecule has 3 rings (SSSR count). The minimum Gasteiger partial charge on any atom is -0.493 e. The molecule has 0 radical (unpaired) electrons. The van der Waals surface area contributed by atoms with E-state index in [2.05, 4.69) is 10.3 Å². The maximum absolute atomic E-state index is 12.3. The molecule has 0 saturated carbocycles. The molecule has 0 spiro atoms. The van der Waals surface area contributed by atoms with Gasteiger partial charge in [-0.15, -0.1) is 11.3 Å². The third kappa shape index (κ3) is 5.69. The Balaban J connectivity index is 1.52. The quantitative estimate of drug-likeness (QED) is 0.604. The summed E-state index contributed by atoms with van der Waals surface area (Å²) in [6.45, 7) is 1.57. The highest BCUT2D eigenvalue weighted by atomic mass is 32.2. The number of nitrogens with zero attached hydrogens (tertiary/aromatic N) is 2. The molecule has 164 valence electrons. The van der Waals surface area contributed by atoms with Crippen molar-refractivity contribution in [3.05, 3.63) is 29.3 Å². The summed E-state index contributed by atoms with van der Waals surface area (Å²) in [5.74, 6) is 0.832. The molecule has 1 fully saturated rings. The van der Waals surface area contributed by atoms with Crippen molar-refractivity contribution in [2.45, 2.75) is 6.42 Å². The lowest BCUT2D eigenvalue weighted by Crippen LogP contribution is -2.43. The molecule has 0 atom stereocenters. The Bertz CT molecular complexity index is 970. The standard InChI is InChI=1S/C19H25N3O6S2/c1-26-16-4-3-14(11-17(16)27-2)19-21-15(13-29-19)12-18(23)20-5-10-30(24,25)22-6-8-28-9-7-22/h3-4,11,13H,5-10,12H2,1-2H3,(H,20,23). The van der Waals surface area contributed by atoms with E-state index >= 15 is 0 Å². The zero-order valence-electron chi connectivity index (χ0n) is 16.9. The van der Waals surface area contributed by atoms with Crippen LogP contribution in [0.1, 0.15) is 5.69 Å². The molecule has 30 heavy (non-hydrogen) atoms. The van der Waals surface area contributed by atoms with Crippen LogP contribution in [-0.4, -0.2) is 76.4 Å². The van der Waals surface area contributed by atoms with E-state index in [1.807, 2.05) is 17.5 Å². The van der Waals surface area contributed by atoms with Crippen molar-refractivity contribution in [2.75, 3.05) is 52.8 Å². The molecule has 2 aromatic rings. The van der Waals surface area contributed by atoms with Crippen molar-refractivity contribution in [1.29, 1.82) is 0 Å². The average Bonchev–Trinajstić information content (AvgIpc) is 3.22. The molecule has 2 heterocycles. The Morgan fingerprint density at radius 1 is 1.23 bits per heavy atom. The van der Waals surface area contributed by atoms with Gasteiger partial charge in [-0.3, -0.25) is 4.79 Å². The van der Waals surface area contributed by atoms with Gasteiger partial charge in [0.1, 0.15) is 5.01 Å². The van der Waals surface area contributed by atoms with E-state index in [1.54, 1.807) is 20.3 Å². The van der Waals surface area contributed by atoms with E-state index in [0.29, 0.717) is 43.5 Å². The van der Waals surface area contributed by atoms with Crippen LogP contribution in [0.5, 0.6) is 11.5 Å². The molecule has 1 aromatic carbocycles. The summed E-state index contributed by atoms with van der Waals surface area (Å²) < 4.78 is 41.7. The number of aromatic nitrogens is 1. The van der Waals surface area contributed by atoms with Gasteiger partial charge in [-0.05, 0) is 18.2 Å². The Morgan fingerprint density at radius 3 is 2.67 bits per heavy atom. The Labute approximate surface area is 180 Å². The molecular formula is C19H25N3O6S2. The van der Waals surface area contributed by atoms with Crippen molar-refractivity contribution < 1.29 is 27.4 Å². The van der Waals surface area contributed by atoms with Crippen LogP contribution in [0, 0.1) is 0 Å². The Morgan fingerprint density at radius 2 is 1.97 bits per heavy atom. The van der Waals surface area contributed by atoms with Gasteiger partial charge in [-0.25, -0.2) is 13.4 Å². The topological polar surface area (TPSA) is 107 Å². The van der Waals surface area contributed by atoms with Crippen LogP contribution in [0.15, 0.2) is 23.6 Å². The molecular weight excluding hydrogens is 430 g/mol. The van der Waals surface area contributed by atoms with Crippen molar-refractivity contribution in [3.63, 3.8) is 0 Å². The summed E-state index contributed by atoms with van der Waals surface area (Å²) in [5, 5.41) is 5.23. The van der Waals surface area contributed by atoms with Crippen LogP contribution in [0.3, 0.4) is 0 Å². The van der Waals surface area contributed by atoms with Crippen LogP contribution in [0.25, 0.3) is 10.6 Å². The highest BCUT2D eigenvalue weighted by molar-refractivity contribution is 7.89. The minimum atomic E-state index is -3.39. The number of ether oxygens (including phenoxy) is 3. The fourth-order valence-electron chi connectivity index (χ4n) is 2.99. The van der Waals surface area contributed by atoms with Crippen molar-refractivity contribution in [1.82, 2.24) is 14.6 Å². The molecule has 1 aliphatic rings. The number of benzene rings is 1. The van der Waals surface area contributed by atoms with E-state index in [-0.39, 0.29) is 24.6 Å². The second-order valence-corrected chi connectivity index (χ2v) is 9.51. The van der Waals surface area contributed by atoms with Gasteiger partial charge in [0, 0.05) is 30.6 Å². The fourth-order valence-corrected chi connectivity index (χ4v) is 5.13. The monoisotopic (exact) mass is 455 g/mol. The summed E-state index contributed by atoms with van der Waals surface area (Å²) in [6.07, 6.45) is 0.0847. The molecule has 1 N–H and O–H groups in total. The number of thiazole rings is 1. The zero-order valence-corrected chi connectivity index (χ0v) is 18.6. The molecule has 1 aliphatic heterocycles. The first-order valence-electron chi connectivity index (χ1n) is 9.42. The first-order valence-corrected chi connectivity index (χ1v) is 11.9. The number of hydrogen-bond acceptors (Lipinski definition) is 8. The van der Waals surface area contributed by atoms with Crippen molar-refractivity contribution in [2.24, 2.45) is 0 Å². The number of nitrogens with one attached hydrogen (secondary N) is 1. The first-order chi connectivity index (χ1) is 14.4. The van der Waals surface area contributed by atoms with Gasteiger partial charge >= 0.3 is 0 Å². The van der Waals surface area contributed by atoms with E-state index in [4.69, 9.17) is 14.2 Å². The SMILES string of the molecule is COc1ccc(-c2nc(CC(=O)NCCS(=O)(=O)N3CCOCC3)cs2)cc1OC. The molecule has 0 bridgehead atoms. The minimum absolute atomic E-state index is 0.0607. The second kappa shape index (κ2) is 10.2. The average molecular weight is 456 g/mol. The maximum Gasteiger partial charge on any atom is 0.226 e. The summed E-state index contributed by atoms with van der Waals surface area (Å²) in [6, 6.07) is 5.51.